The van der Waals surface area contributed by atoms with Crippen LogP contribution in [0.4, 0.5) is 0 Å². The Morgan fingerprint density at radius 1 is 1.57 bits per heavy atom. The minimum atomic E-state index is 0.0811. The van der Waals surface area contributed by atoms with Crippen molar-refractivity contribution in [2.24, 2.45) is 0 Å². The van der Waals surface area contributed by atoms with E-state index in [4.69, 9.17) is 4.74 Å². The van der Waals surface area contributed by atoms with Crippen molar-refractivity contribution >= 4 is 21.8 Å². The van der Waals surface area contributed by atoms with Crippen LogP contribution in [0, 0.1) is 0 Å². The van der Waals surface area contributed by atoms with Crippen LogP contribution >= 0.6 is 15.9 Å². The molecule has 0 saturated carbocycles. The number of quaternary nitrogens is 1. The number of carbonyl (C=O) groups is 1. The fourth-order valence-corrected chi connectivity index (χ4v) is 2.85. The van der Waals surface area contributed by atoms with E-state index in [0.29, 0.717) is 4.48 Å². The van der Waals surface area contributed by atoms with Crippen LogP contribution in [0.2, 0.25) is 0 Å². The molecule has 14 heavy (non-hydrogen) atoms. The molecule has 0 aromatic rings. The number of fused-ring (bicyclic) bond motifs is 1. The van der Waals surface area contributed by atoms with Gasteiger partial charge in [0, 0.05) is 17.0 Å². The van der Waals surface area contributed by atoms with E-state index in [-0.39, 0.29) is 11.4 Å². The lowest BCUT2D eigenvalue weighted by atomic mass is 10.1. The van der Waals surface area contributed by atoms with E-state index in [1.165, 1.54) is 0 Å². The lowest BCUT2D eigenvalue weighted by Crippen LogP contribution is -2.37. The minimum absolute atomic E-state index is 0.0811. The normalized spacial score (nSPS) is 44.9. The Bertz CT molecular complexity index is 368. The molecule has 0 aromatic heterocycles. The molecule has 3 aliphatic heterocycles. The van der Waals surface area contributed by atoms with Gasteiger partial charge in [0.2, 0.25) is 0 Å². The lowest BCUT2D eigenvalue weighted by Gasteiger charge is -2.17. The Balaban J connectivity index is 1.95. The van der Waals surface area contributed by atoms with Crippen molar-refractivity contribution in [1.82, 2.24) is 0 Å². The van der Waals surface area contributed by atoms with Gasteiger partial charge >= 0.3 is 5.91 Å². The molecule has 0 aromatic carbocycles. The predicted molar refractivity (Wildman–Crippen MR) is 54.5 cm³/mol. The van der Waals surface area contributed by atoms with E-state index in [0.717, 1.165) is 30.7 Å². The fraction of sp³-hybridized carbons (Fsp3) is 0.500. The van der Waals surface area contributed by atoms with Crippen molar-refractivity contribution in [3.63, 3.8) is 0 Å². The third kappa shape index (κ3) is 0.912. The quantitative estimate of drug-likeness (QED) is 0.483. The fourth-order valence-electron chi connectivity index (χ4n) is 2.54. The Labute approximate surface area is 90.7 Å². The van der Waals surface area contributed by atoms with Gasteiger partial charge in [0.1, 0.15) is 19.4 Å². The summed E-state index contributed by atoms with van der Waals surface area (Å²) < 4.78 is 6.75. The zero-order valence-electron chi connectivity index (χ0n) is 7.70. The van der Waals surface area contributed by atoms with E-state index < -0.39 is 0 Å². The Kier molecular flexibility index (Phi) is 1.62. The molecular weight excluding hydrogens is 246 g/mol. The Morgan fingerprint density at radius 3 is 3.07 bits per heavy atom. The first-order chi connectivity index (χ1) is 6.69. The molecule has 2 atom stereocenters. The van der Waals surface area contributed by atoms with Gasteiger partial charge in [0.15, 0.2) is 5.54 Å². The molecule has 0 aliphatic carbocycles. The summed E-state index contributed by atoms with van der Waals surface area (Å²) in [5.74, 6) is 0.185. The molecule has 3 heterocycles. The van der Waals surface area contributed by atoms with Crippen LogP contribution in [0.15, 0.2) is 22.8 Å². The first-order valence-corrected chi connectivity index (χ1v) is 5.55. The highest BCUT2D eigenvalue weighted by molar-refractivity contribution is 9.11. The standard InChI is InChI=1S/C10H11BrNO2/c11-8-1-3-12(9(13)5-8)6-10(12)2-4-14-7-10/h1,3,5H,2,4,6-7H2/q+1. The smallest absolute Gasteiger partial charge is 0.345 e. The van der Waals surface area contributed by atoms with Crippen LogP contribution < -0.4 is 0 Å². The molecule has 2 saturated heterocycles. The summed E-state index contributed by atoms with van der Waals surface area (Å²) in [7, 11) is 0. The summed E-state index contributed by atoms with van der Waals surface area (Å²) >= 11 is 3.32. The average molecular weight is 257 g/mol. The summed E-state index contributed by atoms with van der Waals surface area (Å²) in [4.78, 5) is 11.9. The maximum atomic E-state index is 11.9. The molecule has 74 valence electrons. The van der Waals surface area contributed by atoms with Gasteiger partial charge < -0.3 is 4.74 Å². The highest BCUT2D eigenvalue weighted by Crippen LogP contribution is 2.51. The number of halogens is 1. The molecule has 1 amide bonds. The van der Waals surface area contributed by atoms with Gasteiger partial charge in [-0.05, 0) is 0 Å². The number of allylic oxidation sites excluding steroid dienone is 2. The minimum Gasteiger partial charge on any atom is -0.374 e. The first-order valence-electron chi connectivity index (χ1n) is 4.75. The van der Waals surface area contributed by atoms with Gasteiger partial charge in [0.25, 0.3) is 0 Å². The third-order valence-corrected chi connectivity index (χ3v) is 4.01. The third-order valence-electron chi connectivity index (χ3n) is 3.51. The number of nitrogens with zero attached hydrogens (tertiary/aromatic N) is 1. The van der Waals surface area contributed by atoms with E-state index in [2.05, 4.69) is 15.9 Å². The monoisotopic (exact) mass is 256 g/mol. The molecule has 0 N–H and O–H groups in total. The van der Waals surface area contributed by atoms with Gasteiger partial charge in [-0.25, -0.2) is 9.28 Å². The molecule has 2 unspecified atom stereocenters. The maximum Gasteiger partial charge on any atom is 0.345 e. The molecule has 0 bridgehead atoms. The lowest BCUT2D eigenvalue weighted by molar-refractivity contribution is -0.691. The average Bonchev–Trinajstić information content (AvgIpc) is 2.52. The van der Waals surface area contributed by atoms with Crippen LogP contribution in [0.1, 0.15) is 6.42 Å². The van der Waals surface area contributed by atoms with Crippen molar-refractivity contribution in [3.8, 4) is 0 Å². The van der Waals surface area contributed by atoms with Crippen LogP contribution in [-0.4, -0.2) is 35.7 Å². The second kappa shape index (κ2) is 2.56. The number of rotatable bonds is 0. The van der Waals surface area contributed by atoms with E-state index in [9.17, 15) is 4.79 Å². The summed E-state index contributed by atoms with van der Waals surface area (Å²) in [5.41, 5.74) is 0.0811. The van der Waals surface area contributed by atoms with Gasteiger partial charge in [-0.2, -0.15) is 0 Å². The van der Waals surface area contributed by atoms with Crippen LogP contribution in [0.5, 0.6) is 0 Å². The van der Waals surface area contributed by atoms with Gasteiger partial charge in [0.05, 0.1) is 12.7 Å². The maximum absolute atomic E-state index is 11.9. The highest BCUT2D eigenvalue weighted by atomic mass is 79.9. The summed E-state index contributed by atoms with van der Waals surface area (Å²) in [5, 5.41) is 0. The van der Waals surface area contributed by atoms with Crippen molar-refractivity contribution in [1.29, 1.82) is 0 Å². The van der Waals surface area contributed by atoms with Gasteiger partial charge in [-0.15, -0.1) is 0 Å². The number of hydrogen-bond donors (Lipinski definition) is 0. The van der Waals surface area contributed by atoms with Crippen molar-refractivity contribution in [3.05, 3.63) is 22.8 Å². The second-order valence-electron chi connectivity index (χ2n) is 4.24. The number of amides is 1. The molecular formula is C10H11BrNO2+. The number of ether oxygens (including phenoxy) is 1. The first kappa shape index (κ1) is 8.83. The highest BCUT2D eigenvalue weighted by Gasteiger charge is 2.74. The molecule has 2 fully saturated rings. The molecule has 4 heteroatoms. The zero-order valence-corrected chi connectivity index (χ0v) is 9.29. The Morgan fingerprint density at radius 2 is 2.43 bits per heavy atom. The van der Waals surface area contributed by atoms with Crippen molar-refractivity contribution in [2.45, 2.75) is 12.0 Å². The van der Waals surface area contributed by atoms with Crippen molar-refractivity contribution < 1.29 is 14.0 Å². The summed E-state index contributed by atoms with van der Waals surface area (Å²) in [6.07, 6.45) is 6.65. The van der Waals surface area contributed by atoms with E-state index in [1.54, 1.807) is 6.08 Å². The SMILES string of the molecule is O=C1C=C(Br)C=C[N+]12CC21CCOC1. The number of carbonyl (C=O) groups excluding carboxylic acids is 1. The van der Waals surface area contributed by atoms with Crippen LogP contribution in [0.25, 0.3) is 0 Å². The van der Waals surface area contributed by atoms with Crippen molar-refractivity contribution in [2.75, 3.05) is 19.8 Å². The number of hydrogen-bond acceptors (Lipinski definition) is 2. The predicted octanol–water partition coefficient (Wildman–Crippen LogP) is 1.31. The molecule has 3 rings (SSSR count). The summed E-state index contributed by atoms with van der Waals surface area (Å²) in [6.45, 7) is 2.44. The van der Waals surface area contributed by atoms with Crippen LogP contribution in [-0.2, 0) is 9.53 Å². The Hall–Kier alpha value is -0.450. The second-order valence-corrected chi connectivity index (χ2v) is 5.15. The zero-order chi connectivity index (χ0) is 9.81. The summed E-state index contributed by atoms with van der Waals surface area (Å²) in [6, 6.07) is 0. The molecule has 3 aliphatic rings. The molecule has 2 spiro atoms. The van der Waals surface area contributed by atoms with Gasteiger partial charge in [-0.3, -0.25) is 0 Å². The largest absolute Gasteiger partial charge is 0.374 e. The van der Waals surface area contributed by atoms with E-state index in [1.807, 2.05) is 12.3 Å². The molecule has 3 nitrogen and oxygen atoms in total. The molecule has 0 radical (unpaired) electrons. The van der Waals surface area contributed by atoms with Crippen LogP contribution in [0.3, 0.4) is 0 Å². The van der Waals surface area contributed by atoms with E-state index >= 15 is 0 Å². The van der Waals surface area contributed by atoms with Gasteiger partial charge in [-0.1, -0.05) is 15.9 Å². The topological polar surface area (TPSA) is 26.3 Å².